The van der Waals surface area contributed by atoms with E-state index in [4.69, 9.17) is 4.74 Å². The van der Waals surface area contributed by atoms with E-state index in [0.29, 0.717) is 25.5 Å². The standard InChI is InChI=1S/C24H32N2O3/c1-17(2)19-16-29-24-13-14-25(20(24)15-21(27)26(19)24)22(28)23(11-7-4-8-12-23)18-9-5-3-6-10-18/h3,5-6,9-10,17,19-20H,4,7-8,11-16H2,1-2H3/t19-,20+,24-/m0/s1. The van der Waals surface area contributed by atoms with Crippen LogP contribution in [0.25, 0.3) is 0 Å². The van der Waals surface area contributed by atoms with E-state index in [1.807, 2.05) is 28.0 Å². The number of likely N-dealkylation sites (tertiary alicyclic amines) is 1. The molecule has 1 saturated carbocycles. The van der Waals surface area contributed by atoms with Gasteiger partial charge in [0.25, 0.3) is 0 Å². The lowest BCUT2D eigenvalue weighted by Gasteiger charge is -2.41. The van der Waals surface area contributed by atoms with Crippen molar-refractivity contribution in [3.05, 3.63) is 35.9 Å². The van der Waals surface area contributed by atoms with E-state index in [-0.39, 0.29) is 23.9 Å². The number of ether oxygens (including phenoxy) is 1. The van der Waals surface area contributed by atoms with Gasteiger partial charge in [-0.05, 0) is 24.3 Å². The van der Waals surface area contributed by atoms with Crippen LogP contribution in [-0.4, -0.2) is 52.6 Å². The van der Waals surface area contributed by atoms with Crippen molar-refractivity contribution in [2.75, 3.05) is 13.2 Å². The van der Waals surface area contributed by atoms with Crippen molar-refractivity contribution in [2.45, 2.75) is 82.0 Å². The van der Waals surface area contributed by atoms with Crippen LogP contribution >= 0.6 is 0 Å². The van der Waals surface area contributed by atoms with E-state index in [9.17, 15) is 9.59 Å². The van der Waals surface area contributed by atoms with Crippen LogP contribution in [0.15, 0.2) is 30.3 Å². The van der Waals surface area contributed by atoms with Crippen LogP contribution in [0.5, 0.6) is 0 Å². The molecule has 0 unspecified atom stereocenters. The highest BCUT2D eigenvalue weighted by atomic mass is 16.5. The predicted molar refractivity (Wildman–Crippen MR) is 110 cm³/mol. The first-order chi connectivity index (χ1) is 14.0. The summed E-state index contributed by atoms with van der Waals surface area (Å²) in [6, 6.07) is 10.3. The zero-order chi connectivity index (χ0) is 20.2. The Labute approximate surface area is 173 Å². The summed E-state index contributed by atoms with van der Waals surface area (Å²) >= 11 is 0. The molecule has 0 aromatic heterocycles. The van der Waals surface area contributed by atoms with Crippen LogP contribution in [0, 0.1) is 5.92 Å². The number of carbonyl (C=O) groups is 2. The van der Waals surface area contributed by atoms with Crippen molar-refractivity contribution in [3.63, 3.8) is 0 Å². The van der Waals surface area contributed by atoms with Gasteiger partial charge in [-0.1, -0.05) is 63.4 Å². The van der Waals surface area contributed by atoms with E-state index in [2.05, 4.69) is 26.0 Å². The number of hydrogen-bond acceptors (Lipinski definition) is 3. The Morgan fingerprint density at radius 3 is 2.52 bits per heavy atom. The van der Waals surface area contributed by atoms with Gasteiger partial charge < -0.3 is 14.5 Å². The minimum absolute atomic E-state index is 0.125. The van der Waals surface area contributed by atoms with Crippen LogP contribution in [0.3, 0.4) is 0 Å². The maximum absolute atomic E-state index is 14.1. The minimum Gasteiger partial charge on any atom is -0.351 e. The molecule has 29 heavy (non-hydrogen) atoms. The van der Waals surface area contributed by atoms with Crippen LogP contribution in [0.1, 0.15) is 64.4 Å². The molecule has 0 bridgehead atoms. The molecule has 3 atom stereocenters. The molecule has 5 nitrogen and oxygen atoms in total. The van der Waals surface area contributed by atoms with Crippen LogP contribution in [-0.2, 0) is 19.7 Å². The molecule has 3 aliphatic heterocycles. The molecule has 4 fully saturated rings. The summed E-state index contributed by atoms with van der Waals surface area (Å²) in [6.07, 6.45) is 6.31. The van der Waals surface area contributed by atoms with Crippen molar-refractivity contribution in [3.8, 4) is 0 Å². The summed E-state index contributed by atoms with van der Waals surface area (Å²) in [6.45, 7) is 5.58. The fraction of sp³-hybridized carbons (Fsp3) is 0.667. The quantitative estimate of drug-likeness (QED) is 0.786. The highest BCUT2D eigenvalue weighted by Gasteiger charge is 2.66. The summed E-state index contributed by atoms with van der Waals surface area (Å²) in [5, 5.41) is 0. The maximum atomic E-state index is 14.1. The van der Waals surface area contributed by atoms with Crippen LogP contribution in [0.2, 0.25) is 0 Å². The molecule has 3 saturated heterocycles. The zero-order valence-corrected chi connectivity index (χ0v) is 17.6. The summed E-state index contributed by atoms with van der Waals surface area (Å²) in [4.78, 5) is 31.1. The number of rotatable bonds is 3. The van der Waals surface area contributed by atoms with Gasteiger partial charge in [-0.25, -0.2) is 0 Å². The largest absolute Gasteiger partial charge is 0.351 e. The van der Waals surface area contributed by atoms with Gasteiger partial charge in [-0.2, -0.15) is 0 Å². The first kappa shape index (κ1) is 19.1. The van der Waals surface area contributed by atoms with Gasteiger partial charge in [-0.3, -0.25) is 9.59 Å². The van der Waals surface area contributed by atoms with Gasteiger partial charge in [0, 0.05) is 13.0 Å². The van der Waals surface area contributed by atoms with Crippen molar-refractivity contribution in [2.24, 2.45) is 5.92 Å². The van der Waals surface area contributed by atoms with E-state index < -0.39 is 11.1 Å². The van der Waals surface area contributed by atoms with Crippen LogP contribution in [0.4, 0.5) is 0 Å². The average Bonchev–Trinajstić information content (AvgIpc) is 3.37. The van der Waals surface area contributed by atoms with E-state index in [0.717, 1.165) is 37.7 Å². The molecule has 0 N–H and O–H groups in total. The third-order valence-corrected chi connectivity index (χ3v) is 7.96. The highest BCUT2D eigenvalue weighted by Crippen LogP contribution is 2.51. The molecule has 0 radical (unpaired) electrons. The molecule has 1 aliphatic carbocycles. The van der Waals surface area contributed by atoms with Crippen molar-refractivity contribution >= 4 is 11.8 Å². The number of carbonyl (C=O) groups excluding carboxylic acids is 2. The molecule has 2 amide bonds. The van der Waals surface area contributed by atoms with Gasteiger partial charge in [0.1, 0.15) is 0 Å². The Kier molecular flexibility index (Phi) is 4.50. The molecule has 5 heteroatoms. The molecule has 1 aromatic carbocycles. The third-order valence-electron chi connectivity index (χ3n) is 7.96. The third kappa shape index (κ3) is 2.62. The van der Waals surface area contributed by atoms with Crippen molar-refractivity contribution in [1.82, 2.24) is 9.80 Å². The highest BCUT2D eigenvalue weighted by molar-refractivity contribution is 5.91. The van der Waals surface area contributed by atoms with E-state index >= 15 is 0 Å². The van der Waals surface area contributed by atoms with Crippen molar-refractivity contribution in [1.29, 1.82) is 0 Å². The van der Waals surface area contributed by atoms with Gasteiger partial charge in [0.2, 0.25) is 11.8 Å². The Bertz CT molecular complexity index is 802. The fourth-order valence-electron chi connectivity index (χ4n) is 6.43. The number of benzene rings is 1. The first-order valence-corrected chi connectivity index (χ1v) is 11.3. The second-order valence-electron chi connectivity index (χ2n) is 9.71. The normalized spacial score (nSPS) is 33.3. The van der Waals surface area contributed by atoms with Gasteiger partial charge in [0.05, 0.1) is 30.5 Å². The van der Waals surface area contributed by atoms with Gasteiger partial charge in [-0.15, -0.1) is 0 Å². The molecule has 1 aromatic rings. The summed E-state index contributed by atoms with van der Waals surface area (Å²) in [5.41, 5.74) is 0.102. The predicted octanol–water partition coefficient (Wildman–Crippen LogP) is 3.47. The topological polar surface area (TPSA) is 49.9 Å². The minimum atomic E-state index is -0.589. The maximum Gasteiger partial charge on any atom is 0.233 e. The Morgan fingerprint density at radius 2 is 1.83 bits per heavy atom. The smallest absolute Gasteiger partial charge is 0.233 e. The van der Waals surface area contributed by atoms with Gasteiger partial charge in [0.15, 0.2) is 5.72 Å². The average molecular weight is 397 g/mol. The number of amides is 2. The Hall–Kier alpha value is -1.88. The Morgan fingerprint density at radius 1 is 1.10 bits per heavy atom. The first-order valence-electron chi connectivity index (χ1n) is 11.3. The molecule has 5 rings (SSSR count). The SMILES string of the molecule is CC(C)[C@@H]1CO[C@@]23CCN(C(=O)C4(c5ccccc5)CCCCC4)[C@@H]2CC(=O)N13. The fourth-order valence-corrected chi connectivity index (χ4v) is 6.43. The molecule has 4 aliphatic rings. The number of nitrogens with zero attached hydrogens (tertiary/aromatic N) is 2. The summed E-state index contributed by atoms with van der Waals surface area (Å²) in [5.74, 6) is 0.730. The summed E-state index contributed by atoms with van der Waals surface area (Å²) < 4.78 is 6.35. The number of hydrogen-bond donors (Lipinski definition) is 0. The lowest BCUT2D eigenvalue weighted by Crippen LogP contribution is -2.54. The Balaban J connectivity index is 1.49. The summed E-state index contributed by atoms with van der Waals surface area (Å²) in [7, 11) is 0. The second kappa shape index (κ2) is 6.83. The van der Waals surface area contributed by atoms with Gasteiger partial charge >= 0.3 is 0 Å². The molecule has 1 spiro atoms. The molecular weight excluding hydrogens is 364 g/mol. The molecular formula is C24H32N2O3. The second-order valence-corrected chi connectivity index (χ2v) is 9.71. The van der Waals surface area contributed by atoms with E-state index in [1.54, 1.807) is 0 Å². The van der Waals surface area contributed by atoms with Crippen LogP contribution < -0.4 is 0 Å². The molecule has 3 heterocycles. The van der Waals surface area contributed by atoms with E-state index in [1.165, 1.54) is 6.42 Å². The lowest BCUT2D eigenvalue weighted by atomic mass is 9.68. The molecule has 156 valence electrons. The zero-order valence-electron chi connectivity index (χ0n) is 17.6. The lowest BCUT2D eigenvalue weighted by molar-refractivity contribution is -0.145. The monoisotopic (exact) mass is 396 g/mol. The van der Waals surface area contributed by atoms with Crippen molar-refractivity contribution < 1.29 is 14.3 Å².